The summed E-state index contributed by atoms with van der Waals surface area (Å²) in [6.07, 6.45) is 21.2. The second kappa shape index (κ2) is 7.20. The van der Waals surface area contributed by atoms with E-state index >= 15 is 0 Å². The Balaban J connectivity index is 1.71. The van der Waals surface area contributed by atoms with Gasteiger partial charge >= 0.3 is 0 Å². The molecule has 1 heteroatoms. The Bertz CT molecular complexity index is 228. The predicted octanol–water partition coefficient (Wildman–Crippen LogP) is 5.01. The molecule has 2 aliphatic rings. The van der Waals surface area contributed by atoms with Crippen LogP contribution in [0.25, 0.3) is 0 Å². The Kier molecular flexibility index (Phi) is 5.57. The first kappa shape index (κ1) is 13.1. The molecule has 1 nitrogen and oxygen atoms in total. The van der Waals surface area contributed by atoms with Gasteiger partial charge in [-0.25, -0.2) is 0 Å². The normalized spacial score (nSPS) is 32.9. The first-order chi connectivity index (χ1) is 8.41. The molecule has 0 saturated carbocycles. The molecule has 2 rings (SSSR count). The van der Waals surface area contributed by atoms with E-state index < -0.39 is 0 Å². The van der Waals surface area contributed by atoms with Crippen molar-refractivity contribution in [2.75, 3.05) is 6.61 Å². The molecule has 1 aliphatic heterocycles. The predicted molar refractivity (Wildman–Crippen MR) is 73.2 cm³/mol. The zero-order chi connectivity index (χ0) is 11.8. The van der Waals surface area contributed by atoms with E-state index in [0.717, 1.165) is 6.61 Å². The van der Waals surface area contributed by atoms with Gasteiger partial charge in [0.1, 0.15) is 0 Å². The highest BCUT2D eigenvalue weighted by atomic mass is 16.6. The van der Waals surface area contributed by atoms with Crippen LogP contribution in [0.1, 0.15) is 77.0 Å². The highest BCUT2D eigenvalue weighted by molar-refractivity contribution is 4.95. The third-order valence-corrected chi connectivity index (χ3v) is 4.24. The van der Waals surface area contributed by atoms with E-state index in [-0.39, 0.29) is 0 Å². The summed E-state index contributed by atoms with van der Waals surface area (Å²) >= 11 is 0. The number of ether oxygens (including phenoxy) is 1. The topological polar surface area (TPSA) is 12.5 Å². The molecule has 0 bridgehead atoms. The van der Waals surface area contributed by atoms with E-state index in [9.17, 15) is 0 Å². The molecule has 0 N–H and O–H groups in total. The molecule has 98 valence electrons. The van der Waals surface area contributed by atoms with Gasteiger partial charge in [-0.3, -0.25) is 0 Å². The minimum atomic E-state index is 0.310. The van der Waals surface area contributed by atoms with Crippen LogP contribution >= 0.6 is 0 Å². The van der Waals surface area contributed by atoms with Crippen molar-refractivity contribution in [3.05, 3.63) is 12.2 Å². The van der Waals surface area contributed by atoms with Gasteiger partial charge in [0.05, 0.1) is 12.2 Å². The van der Waals surface area contributed by atoms with Gasteiger partial charge in [-0.05, 0) is 32.1 Å². The van der Waals surface area contributed by atoms with Gasteiger partial charge in [0.15, 0.2) is 0 Å². The minimum absolute atomic E-state index is 0.310. The summed E-state index contributed by atoms with van der Waals surface area (Å²) in [5, 5.41) is 0. The molecule has 0 aromatic carbocycles. The molecule has 1 heterocycles. The number of rotatable bonds is 0. The van der Waals surface area contributed by atoms with Crippen LogP contribution in [0, 0.1) is 0 Å². The van der Waals surface area contributed by atoms with E-state index in [1.165, 1.54) is 77.0 Å². The Morgan fingerprint density at radius 3 is 1.94 bits per heavy atom. The minimum Gasteiger partial charge on any atom is -0.370 e. The third-order valence-electron chi connectivity index (χ3n) is 4.24. The number of hydrogen-bond donors (Lipinski definition) is 0. The maximum Gasteiger partial charge on any atom is 0.0919 e. The average Bonchev–Trinajstić information content (AvgIpc) is 3.10. The molecular formula is C16H28O. The van der Waals surface area contributed by atoms with E-state index in [2.05, 4.69) is 12.2 Å². The Morgan fingerprint density at radius 2 is 1.24 bits per heavy atom. The zero-order valence-electron chi connectivity index (χ0n) is 11.3. The molecule has 1 fully saturated rings. The summed E-state index contributed by atoms with van der Waals surface area (Å²) in [5.74, 6) is 0. The lowest BCUT2D eigenvalue weighted by Crippen LogP contribution is -2.10. The fourth-order valence-electron chi connectivity index (χ4n) is 2.87. The van der Waals surface area contributed by atoms with Gasteiger partial charge in [-0.15, -0.1) is 0 Å². The van der Waals surface area contributed by atoms with Crippen LogP contribution in [0.2, 0.25) is 0 Å². The second-order valence-electron chi connectivity index (χ2n) is 5.85. The first-order valence-electron chi connectivity index (χ1n) is 7.70. The molecule has 17 heavy (non-hydrogen) atoms. The molecule has 1 atom stereocenters. The van der Waals surface area contributed by atoms with Crippen LogP contribution < -0.4 is 0 Å². The van der Waals surface area contributed by atoms with Crippen molar-refractivity contribution in [2.24, 2.45) is 0 Å². The van der Waals surface area contributed by atoms with Crippen molar-refractivity contribution in [3.63, 3.8) is 0 Å². The highest BCUT2D eigenvalue weighted by Gasteiger charge is 2.42. The Morgan fingerprint density at radius 1 is 0.647 bits per heavy atom. The SMILES string of the molecule is C1=CCCC2(CCCCCCCCCC1)CO2. The summed E-state index contributed by atoms with van der Waals surface area (Å²) in [6.45, 7) is 1.03. The maximum atomic E-state index is 5.69. The van der Waals surface area contributed by atoms with Gasteiger partial charge < -0.3 is 4.74 Å². The fraction of sp³-hybridized carbons (Fsp3) is 0.875. The summed E-state index contributed by atoms with van der Waals surface area (Å²) < 4.78 is 5.69. The lowest BCUT2D eigenvalue weighted by Gasteiger charge is -2.09. The van der Waals surface area contributed by atoms with Gasteiger partial charge in [-0.1, -0.05) is 57.1 Å². The second-order valence-corrected chi connectivity index (χ2v) is 5.85. The third kappa shape index (κ3) is 5.25. The van der Waals surface area contributed by atoms with Gasteiger partial charge in [-0.2, -0.15) is 0 Å². The van der Waals surface area contributed by atoms with Gasteiger partial charge in [0.2, 0.25) is 0 Å². The fourth-order valence-corrected chi connectivity index (χ4v) is 2.87. The molecule has 1 saturated heterocycles. The first-order valence-corrected chi connectivity index (χ1v) is 7.70. The molecule has 1 unspecified atom stereocenters. The zero-order valence-corrected chi connectivity index (χ0v) is 11.3. The number of allylic oxidation sites excluding steroid dienone is 2. The van der Waals surface area contributed by atoms with Crippen LogP contribution in [0.15, 0.2) is 12.2 Å². The van der Waals surface area contributed by atoms with E-state index in [0.29, 0.717) is 5.60 Å². The van der Waals surface area contributed by atoms with Crippen LogP contribution in [-0.2, 0) is 4.74 Å². The largest absolute Gasteiger partial charge is 0.370 e. The molecule has 1 spiro atoms. The summed E-state index contributed by atoms with van der Waals surface area (Å²) in [7, 11) is 0. The molecular weight excluding hydrogens is 208 g/mol. The number of epoxide rings is 1. The lowest BCUT2D eigenvalue weighted by atomic mass is 9.96. The Labute approximate surface area is 107 Å². The molecule has 0 amide bonds. The number of hydrogen-bond acceptors (Lipinski definition) is 1. The maximum absolute atomic E-state index is 5.69. The standard InChI is InChI=1S/C16H28O/c1-2-4-6-8-10-12-14-16(15-17-16)13-11-9-7-5-3-1/h7,9H,1-6,8,10-15H2. The van der Waals surface area contributed by atoms with Crippen molar-refractivity contribution in [2.45, 2.75) is 82.7 Å². The van der Waals surface area contributed by atoms with Crippen molar-refractivity contribution in [1.82, 2.24) is 0 Å². The molecule has 0 radical (unpaired) electrons. The average molecular weight is 236 g/mol. The Hall–Kier alpha value is -0.300. The van der Waals surface area contributed by atoms with Crippen molar-refractivity contribution in [1.29, 1.82) is 0 Å². The van der Waals surface area contributed by atoms with E-state index in [1.54, 1.807) is 0 Å². The van der Waals surface area contributed by atoms with Crippen molar-refractivity contribution < 1.29 is 4.74 Å². The van der Waals surface area contributed by atoms with Crippen LogP contribution in [0.5, 0.6) is 0 Å². The quantitative estimate of drug-likeness (QED) is 0.425. The van der Waals surface area contributed by atoms with Crippen molar-refractivity contribution >= 4 is 0 Å². The monoisotopic (exact) mass is 236 g/mol. The highest BCUT2D eigenvalue weighted by Crippen LogP contribution is 2.37. The van der Waals surface area contributed by atoms with Crippen LogP contribution in [0.4, 0.5) is 0 Å². The van der Waals surface area contributed by atoms with E-state index in [1.807, 2.05) is 0 Å². The molecule has 0 aromatic rings. The van der Waals surface area contributed by atoms with Crippen LogP contribution in [0.3, 0.4) is 0 Å². The summed E-state index contributed by atoms with van der Waals surface area (Å²) in [5.41, 5.74) is 0.310. The van der Waals surface area contributed by atoms with Crippen molar-refractivity contribution in [3.8, 4) is 0 Å². The smallest absolute Gasteiger partial charge is 0.0919 e. The summed E-state index contributed by atoms with van der Waals surface area (Å²) in [4.78, 5) is 0. The van der Waals surface area contributed by atoms with E-state index in [4.69, 9.17) is 4.74 Å². The van der Waals surface area contributed by atoms with Crippen LogP contribution in [-0.4, -0.2) is 12.2 Å². The van der Waals surface area contributed by atoms with Gasteiger partial charge in [0.25, 0.3) is 0 Å². The van der Waals surface area contributed by atoms with Gasteiger partial charge in [0, 0.05) is 0 Å². The lowest BCUT2D eigenvalue weighted by molar-refractivity contribution is 0.268. The molecule has 0 aromatic heterocycles. The summed E-state index contributed by atoms with van der Waals surface area (Å²) in [6, 6.07) is 0. The molecule has 1 aliphatic carbocycles.